The Morgan fingerprint density at radius 3 is 2.61 bits per heavy atom. The standard InChI is InChI=1S/C23H25N5O2S/c1-14(2)19-10-5-15(3)11-20(19)30-13-21(29)24-12-17-6-8-18(9-7-17)22-27-28-16(4)25-26-23(28)31-22/h5-11,14H,12-13H2,1-4H3,(H,24,29). The average Bonchev–Trinajstić information content (AvgIpc) is 3.33. The van der Waals surface area contributed by atoms with Crippen molar-refractivity contribution in [1.29, 1.82) is 0 Å². The summed E-state index contributed by atoms with van der Waals surface area (Å²) in [6.07, 6.45) is 0. The van der Waals surface area contributed by atoms with E-state index in [-0.39, 0.29) is 12.5 Å². The van der Waals surface area contributed by atoms with Crippen LogP contribution in [0.3, 0.4) is 0 Å². The smallest absolute Gasteiger partial charge is 0.258 e. The van der Waals surface area contributed by atoms with Gasteiger partial charge in [0.15, 0.2) is 12.4 Å². The summed E-state index contributed by atoms with van der Waals surface area (Å²) in [6.45, 7) is 8.56. The first-order valence-corrected chi connectivity index (χ1v) is 11.0. The predicted octanol–water partition coefficient (Wildman–Crippen LogP) is 4.29. The molecule has 1 amide bonds. The molecule has 0 aliphatic rings. The van der Waals surface area contributed by atoms with Gasteiger partial charge >= 0.3 is 0 Å². The molecular weight excluding hydrogens is 410 g/mol. The minimum Gasteiger partial charge on any atom is -0.483 e. The van der Waals surface area contributed by atoms with Gasteiger partial charge in [-0.15, -0.1) is 10.2 Å². The number of fused-ring (bicyclic) bond motifs is 1. The highest BCUT2D eigenvalue weighted by Gasteiger charge is 2.12. The van der Waals surface area contributed by atoms with Gasteiger partial charge in [-0.25, -0.2) is 0 Å². The number of aromatic nitrogens is 4. The van der Waals surface area contributed by atoms with E-state index >= 15 is 0 Å². The minimum atomic E-state index is -0.149. The Bertz CT molecular complexity index is 1210. The summed E-state index contributed by atoms with van der Waals surface area (Å²) in [4.78, 5) is 13.1. The van der Waals surface area contributed by atoms with Crippen LogP contribution in [-0.2, 0) is 11.3 Å². The molecule has 7 nitrogen and oxygen atoms in total. The quantitative estimate of drug-likeness (QED) is 0.468. The number of hydrogen-bond donors (Lipinski definition) is 1. The van der Waals surface area contributed by atoms with Crippen LogP contribution in [0.5, 0.6) is 5.75 Å². The Kier molecular flexibility index (Phi) is 5.99. The van der Waals surface area contributed by atoms with Crippen molar-refractivity contribution >= 4 is 22.2 Å². The summed E-state index contributed by atoms with van der Waals surface area (Å²) < 4.78 is 7.55. The lowest BCUT2D eigenvalue weighted by molar-refractivity contribution is -0.123. The van der Waals surface area contributed by atoms with E-state index in [0.717, 1.165) is 43.8 Å². The Morgan fingerprint density at radius 2 is 1.90 bits per heavy atom. The molecule has 1 N–H and O–H groups in total. The van der Waals surface area contributed by atoms with Crippen molar-refractivity contribution in [3.8, 4) is 16.3 Å². The molecule has 2 aromatic heterocycles. The number of nitrogens with zero attached hydrogens (tertiary/aromatic N) is 4. The zero-order valence-electron chi connectivity index (χ0n) is 18.0. The van der Waals surface area contributed by atoms with Crippen LogP contribution in [-0.4, -0.2) is 32.3 Å². The van der Waals surface area contributed by atoms with Crippen molar-refractivity contribution in [3.63, 3.8) is 0 Å². The highest BCUT2D eigenvalue weighted by atomic mass is 32.1. The SMILES string of the molecule is Cc1ccc(C(C)C)c(OCC(=O)NCc2ccc(-c3nn4c(C)nnc4s3)cc2)c1. The third kappa shape index (κ3) is 4.74. The van der Waals surface area contributed by atoms with Crippen LogP contribution in [0.2, 0.25) is 0 Å². The third-order valence-electron chi connectivity index (χ3n) is 4.99. The highest BCUT2D eigenvalue weighted by molar-refractivity contribution is 7.19. The molecule has 0 fully saturated rings. The van der Waals surface area contributed by atoms with Gasteiger partial charge in [0.2, 0.25) is 4.96 Å². The third-order valence-corrected chi connectivity index (χ3v) is 5.94. The maximum Gasteiger partial charge on any atom is 0.258 e. The van der Waals surface area contributed by atoms with Crippen molar-refractivity contribution in [2.24, 2.45) is 0 Å². The van der Waals surface area contributed by atoms with Crippen LogP contribution in [0.25, 0.3) is 15.5 Å². The molecule has 31 heavy (non-hydrogen) atoms. The first-order chi connectivity index (χ1) is 14.9. The number of amides is 1. The molecule has 0 aliphatic heterocycles. The summed E-state index contributed by atoms with van der Waals surface area (Å²) >= 11 is 1.50. The zero-order valence-corrected chi connectivity index (χ0v) is 18.9. The number of carbonyl (C=O) groups is 1. The number of rotatable bonds is 7. The van der Waals surface area contributed by atoms with Gasteiger partial charge in [-0.05, 0) is 42.5 Å². The van der Waals surface area contributed by atoms with Crippen molar-refractivity contribution < 1.29 is 9.53 Å². The van der Waals surface area contributed by atoms with E-state index in [1.54, 1.807) is 4.52 Å². The molecule has 2 heterocycles. The number of benzene rings is 2. The molecule has 0 unspecified atom stereocenters. The van der Waals surface area contributed by atoms with Crippen LogP contribution in [0, 0.1) is 13.8 Å². The first kappa shape index (κ1) is 21.0. The Morgan fingerprint density at radius 1 is 1.13 bits per heavy atom. The van der Waals surface area contributed by atoms with Crippen LogP contribution >= 0.6 is 11.3 Å². The van der Waals surface area contributed by atoms with E-state index < -0.39 is 0 Å². The fraction of sp³-hybridized carbons (Fsp3) is 0.304. The van der Waals surface area contributed by atoms with Gasteiger partial charge in [0.05, 0.1) is 0 Å². The summed E-state index contributed by atoms with van der Waals surface area (Å²) in [5.74, 6) is 1.73. The number of nitrogens with one attached hydrogen (secondary N) is 1. The van der Waals surface area contributed by atoms with E-state index in [1.165, 1.54) is 11.3 Å². The highest BCUT2D eigenvalue weighted by Crippen LogP contribution is 2.27. The second-order valence-electron chi connectivity index (χ2n) is 7.81. The fourth-order valence-corrected chi connectivity index (χ4v) is 4.13. The first-order valence-electron chi connectivity index (χ1n) is 10.2. The molecule has 0 bridgehead atoms. The summed E-state index contributed by atoms with van der Waals surface area (Å²) in [7, 11) is 0. The molecule has 0 radical (unpaired) electrons. The van der Waals surface area contributed by atoms with E-state index in [1.807, 2.05) is 44.2 Å². The van der Waals surface area contributed by atoms with Crippen molar-refractivity contribution in [2.75, 3.05) is 6.61 Å². The molecule has 0 saturated heterocycles. The van der Waals surface area contributed by atoms with Gasteiger partial charge in [-0.2, -0.15) is 9.61 Å². The summed E-state index contributed by atoms with van der Waals surface area (Å²) in [5.41, 5.74) is 4.23. The molecule has 0 aliphatic carbocycles. The van der Waals surface area contributed by atoms with Crippen LogP contribution in [0.15, 0.2) is 42.5 Å². The van der Waals surface area contributed by atoms with Crippen LogP contribution in [0.1, 0.15) is 42.3 Å². The normalized spacial score (nSPS) is 11.3. The average molecular weight is 436 g/mol. The molecular formula is C23H25N5O2S. The second kappa shape index (κ2) is 8.85. The topological polar surface area (TPSA) is 81.4 Å². The Balaban J connectivity index is 1.33. The monoisotopic (exact) mass is 435 g/mol. The zero-order chi connectivity index (χ0) is 22.0. The largest absolute Gasteiger partial charge is 0.483 e. The summed E-state index contributed by atoms with van der Waals surface area (Å²) in [5, 5.41) is 16.5. The number of aryl methyl sites for hydroxylation is 2. The maximum absolute atomic E-state index is 12.3. The van der Waals surface area contributed by atoms with Crippen molar-refractivity contribution in [1.82, 2.24) is 25.1 Å². The van der Waals surface area contributed by atoms with Gasteiger partial charge in [0, 0.05) is 12.1 Å². The number of carbonyl (C=O) groups excluding carboxylic acids is 1. The number of ether oxygens (including phenoxy) is 1. The summed E-state index contributed by atoms with van der Waals surface area (Å²) in [6, 6.07) is 14.1. The predicted molar refractivity (Wildman–Crippen MR) is 121 cm³/mol. The van der Waals surface area contributed by atoms with E-state index in [2.05, 4.69) is 46.6 Å². The van der Waals surface area contributed by atoms with Crippen LogP contribution < -0.4 is 10.1 Å². The Labute approximate surface area is 185 Å². The van der Waals surface area contributed by atoms with E-state index in [4.69, 9.17) is 4.74 Å². The lowest BCUT2D eigenvalue weighted by Gasteiger charge is -2.15. The van der Waals surface area contributed by atoms with Gasteiger partial charge in [0.25, 0.3) is 5.91 Å². The number of hydrogen-bond acceptors (Lipinski definition) is 6. The van der Waals surface area contributed by atoms with Gasteiger partial charge in [-0.3, -0.25) is 4.79 Å². The molecule has 0 atom stereocenters. The van der Waals surface area contributed by atoms with Gasteiger partial charge in [-0.1, -0.05) is 61.6 Å². The van der Waals surface area contributed by atoms with E-state index in [0.29, 0.717) is 12.5 Å². The molecule has 160 valence electrons. The molecule has 8 heteroatoms. The van der Waals surface area contributed by atoms with Gasteiger partial charge in [0.1, 0.15) is 10.8 Å². The maximum atomic E-state index is 12.3. The second-order valence-corrected chi connectivity index (χ2v) is 8.76. The molecule has 0 spiro atoms. The lowest BCUT2D eigenvalue weighted by Crippen LogP contribution is -2.28. The molecule has 2 aromatic carbocycles. The van der Waals surface area contributed by atoms with Gasteiger partial charge < -0.3 is 10.1 Å². The van der Waals surface area contributed by atoms with E-state index in [9.17, 15) is 4.79 Å². The van der Waals surface area contributed by atoms with Crippen molar-refractivity contribution in [2.45, 2.75) is 40.2 Å². The van der Waals surface area contributed by atoms with Crippen molar-refractivity contribution in [3.05, 3.63) is 65.0 Å². The minimum absolute atomic E-state index is 0.00640. The Hall–Kier alpha value is -3.26. The molecule has 4 rings (SSSR count). The fourth-order valence-electron chi connectivity index (χ4n) is 3.24. The van der Waals surface area contributed by atoms with Crippen LogP contribution in [0.4, 0.5) is 0 Å². The molecule has 4 aromatic rings. The molecule has 0 saturated carbocycles. The lowest BCUT2D eigenvalue weighted by atomic mass is 10.0.